The van der Waals surface area contributed by atoms with Gasteiger partial charge >= 0.3 is 0 Å². The molecule has 5 nitrogen and oxygen atoms in total. The van der Waals surface area contributed by atoms with Crippen LogP contribution in [0.15, 0.2) is 90.3 Å². The highest BCUT2D eigenvalue weighted by molar-refractivity contribution is 6.30. The summed E-state index contributed by atoms with van der Waals surface area (Å²) in [6.07, 6.45) is 8.57. The number of ketones is 1. The lowest BCUT2D eigenvalue weighted by molar-refractivity contribution is 0.0993. The summed E-state index contributed by atoms with van der Waals surface area (Å²) in [6, 6.07) is 17.3. The molecule has 0 N–H and O–H groups in total. The highest BCUT2D eigenvalue weighted by Gasteiger charge is 2.21. The summed E-state index contributed by atoms with van der Waals surface area (Å²) in [5, 5.41) is 0.671. The Kier molecular flexibility index (Phi) is 4.65. The molecule has 30 heavy (non-hydrogen) atoms. The number of rotatable bonds is 5. The van der Waals surface area contributed by atoms with E-state index in [9.17, 15) is 4.79 Å². The molecule has 4 aromatic heterocycles. The number of benzene rings is 1. The molecule has 0 saturated heterocycles. The fourth-order valence-corrected chi connectivity index (χ4v) is 3.79. The van der Waals surface area contributed by atoms with Crippen LogP contribution >= 0.6 is 11.6 Å². The zero-order valence-corrected chi connectivity index (χ0v) is 16.6. The maximum atomic E-state index is 13.2. The van der Waals surface area contributed by atoms with E-state index in [4.69, 9.17) is 16.0 Å². The monoisotopic (exact) mass is 413 g/mol. The van der Waals surface area contributed by atoms with Crippen molar-refractivity contribution < 1.29 is 9.21 Å². The lowest BCUT2D eigenvalue weighted by Gasteiger charge is -2.07. The van der Waals surface area contributed by atoms with Crippen molar-refractivity contribution in [2.24, 2.45) is 0 Å². The Balaban J connectivity index is 1.65. The van der Waals surface area contributed by atoms with Crippen LogP contribution in [-0.2, 0) is 6.42 Å². The van der Waals surface area contributed by atoms with Gasteiger partial charge in [0.15, 0.2) is 12.2 Å². The van der Waals surface area contributed by atoms with Crippen molar-refractivity contribution in [3.63, 3.8) is 0 Å². The summed E-state index contributed by atoms with van der Waals surface area (Å²) in [4.78, 5) is 21.6. The summed E-state index contributed by atoms with van der Waals surface area (Å²) in [5.41, 5.74) is 5.64. The normalized spacial score (nSPS) is 11.1. The van der Waals surface area contributed by atoms with E-state index in [-0.39, 0.29) is 12.2 Å². The molecule has 5 aromatic rings. The molecule has 5 rings (SSSR count). The highest BCUT2D eigenvalue weighted by atomic mass is 35.5. The molecule has 0 unspecified atom stereocenters. The van der Waals surface area contributed by atoms with Crippen molar-refractivity contribution in [3.8, 4) is 22.5 Å². The maximum absolute atomic E-state index is 13.2. The molecule has 0 saturated carbocycles. The van der Waals surface area contributed by atoms with Gasteiger partial charge in [-0.15, -0.1) is 0 Å². The van der Waals surface area contributed by atoms with Crippen molar-refractivity contribution >= 4 is 22.9 Å². The largest absolute Gasteiger partial charge is 0.451 e. The van der Waals surface area contributed by atoms with Gasteiger partial charge in [-0.1, -0.05) is 35.9 Å². The van der Waals surface area contributed by atoms with Crippen LogP contribution in [0.1, 0.15) is 15.9 Å². The summed E-state index contributed by atoms with van der Waals surface area (Å²) >= 11 is 6.17. The number of fused-ring (bicyclic) bond motifs is 1. The number of pyridine rings is 2. The van der Waals surface area contributed by atoms with Gasteiger partial charge in [0.25, 0.3) is 0 Å². The van der Waals surface area contributed by atoms with Crippen molar-refractivity contribution in [2.45, 2.75) is 6.42 Å². The average molecular weight is 414 g/mol. The Bertz CT molecular complexity index is 1340. The molecule has 6 heteroatoms. The molecule has 0 fully saturated rings. The number of hydrogen-bond donors (Lipinski definition) is 0. The number of oxazole rings is 1. The van der Waals surface area contributed by atoms with Crippen LogP contribution in [-0.4, -0.2) is 20.2 Å². The second-order valence-electron chi connectivity index (χ2n) is 6.96. The van der Waals surface area contributed by atoms with Crippen LogP contribution in [0.25, 0.3) is 28.0 Å². The number of carbonyl (C=O) groups excluding carboxylic acids is 1. The third-order valence-electron chi connectivity index (χ3n) is 4.99. The quantitative estimate of drug-likeness (QED) is 0.345. The van der Waals surface area contributed by atoms with E-state index in [2.05, 4.69) is 9.97 Å². The van der Waals surface area contributed by atoms with Gasteiger partial charge in [-0.05, 0) is 47.0 Å². The minimum Gasteiger partial charge on any atom is -0.451 e. The van der Waals surface area contributed by atoms with E-state index >= 15 is 0 Å². The lowest BCUT2D eigenvalue weighted by Crippen LogP contribution is -2.05. The van der Waals surface area contributed by atoms with Crippen LogP contribution in [0.2, 0.25) is 5.02 Å². The van der Waals surface area contributed by atoms with Crippen molar-refractivity contribution in [3.05, 3.63) is 102 Å². The van der Waals surface area contributed by atoms with Crippen LogP contribution in [0.4, 0.5) is 0 Å². The van der Waals surface area contributed by atoms with Gasteiger partial charge in [-0.3, -0.25) is 9.78 Å². The first-order valence-corrected chi connectivity index (χ1v) is 9.78. The molecule has 0 radical (unpaired) electrons. The molecular formula is C24H16ClN3O2. The Labute approximate surface area is 177 Å². The average Bonchev–Trinajstić information content (AvgIpc) is 3.41. The third-order valence-corrected chi connectivity index (χ3v) is 5.22. The molecular weight excluding hydrogens is 398 g/mol. The first-order valence-electron chi connectivity index (χ1n) is 9.41. The number of nitrogens with zero attached hydrogens (tertiary/aromatic N) is 3. The second-order valence-corrected chi connectivity index (χ2v) is 7.40. The number of carbonyl (C=O) groups is 1. The van der Waals surface area contributed by atoms with Crippen molar-refractivity contribution in [1.29, 1.82) is 0 Å². The molecule has 0 aliphatic carbocycles. The van der Waals surface area contributed by atoms with Gasteiger partial charge < -0.3 is 8.82 Å². The predicted octanol–water partition coefficient (Wildman–Crippen LogP) is 5.74. The van der Waals surface area contributed by atoms with E-state index < -0.39 is 0 Å². The Morgan fingerprint density at radius 2 is 2.00 bits per heavy atom. The van der Waals surface area contributed by atoms with Gasteiger partial charge in [-0.2, -0.15) is 0 Å². The lowest BCUT2D eigenvalue weighted by atomic mass is 10.0. The molecule has 4 heterocycles. The van der Waals surface area contributed by atoms with Gasteiger partial charge in [0, 0.05) is 41.1 Å². The SMILES string of the molecule is O=C(Cc1cccnc1)c1cc2ccc(-c3cccc(Cl)c3)cn2c1-c1cocn1. The minimum absolute atomic E-state index is 0.00555. The summed E-state index contributed by atoms with van der Waals surface area (Å²) < 4.78 is 7.18. The molecule has 0 spiro atoms. The van der Waals surface area contributed by atoms with Gasteiger partial charge in [0.1, 0.15) is 12.0 Å². The van der Waals surface area contributed by atoms with Gasteiger partial charge in [0.05, 0.1) is 5.69 Å². The van der Waals surface area contributed by atoms with Crippen LogP contribution in [0.5, 0.6) is 0 Å². The zero-order valence-electron chi connectivity index (χ0n) is 15.8. The topological polar surface area (TPSA) is 60.4 Å². The Morgan fingerprint density at radius 3 is 2.77 bits per heavy atom. The minimum atomic E-state index is -0.00555. The van der Waals surface area contributed by atoms with E-state index in [0.717, 1.165) is 22.2 Å². The molecule has 0 atom stereocenters. The van der Waals surface area contributed by atoms with Gasteiger partial charge in [0.2, 0.25) is 0 Å². The Hall–Kier alpha value is -3.70. The van der Waals surface area contributed by atoms with Crippen molar-refractivity contribution in [2.75, 3.05) is 0 Å². The standard InChI is InChI=1S/C24H16ClN3O2/c25-19-5-1-4-17(10-19)18-6-7-20-11-21(23(29)9-16-3-2-8-26-12-16)24(28(20)13-18)22-14-30-15-27-22/h1-8,10-15H,9H2. The third kappa shape index (κ3) is 3.40. The predicted molar refractivity (Wildman–Crippen MR) is 116 cm³/mol. The van der Waals surface area contributed by atoms with E-state index in [1.165, 1.54) is 6.39 Å². The molecule has 0 amide bonds. The molecule has 146 valence electrons. The Morgan fingerprint density at radius 1 is 1.07 bits per heavy atom. The van der Waals surface area contributed by atoms with E-state index in [1.54, 1.807) is 18.7 Å². The first kappa shape index (κ1) is 18.3. The fraction of sp³-hybridized carbons (Fsp3) is 0.0417. The zero-order chi connectivity index (χ0) is 20.5. The van der Waals surface area contributed by atoms with Crippen LogP contribution in [0.3, 0.4) is 0 Å². The first-order chi connectivity index (χ1) is 14.7. The number of Topliss-reactive ketones (excluding diaryl/α,β-unsaturated/α-hetero) is 1. The van der Waals surface area contributed by atoms with E-state index in [1.807, 2.05) is 65.2 Å². The van der Waals surface area contributed by atoms with E-state index in [0.29, 0.717) is 22.0 Å². The van der Waals surface area contributed by atoms with Gasteiger partial charge in [-0.25, -0.2) is 4.98 Å². The number of hydrogen-bond acceptors (Lipinski definition) is 4. The fourth-order valence-electron chi connectivity index (χ4n) is 3.59. The van der Waals surface area contributed by atoms with Crippen LogP contribution < -0.4 is 0 Å². The highest BCUT2D eigenvalue weighted by Crippen LogP contribution is 2.31. The maximum Gasteiger partial charge on any atom is 0.181 e. The molecule has 1 aromatic carbocycles. The summed E-state index contributed by atoms with van der Waals surface area (Å²) in [7, 11) is 0. The number of halogens is 1. The van der Waals surface area contributed by atoms with Crippen molar-refractivity contribution in [1.82, 2.24) is 14.4 Å². The molecule has 0 bridgehead atoms. The van der Waals surface area contributed by atoms with Crippen LogP contribution in [0, 0.1) is 0 Å². The summed E-state index contributed by atoms with van der Waals surface area (Å²) in [5.74, 6) is -0.00555. The molecule has 0 aliphatic rings. The number of aromatic nitrogens is 3. The smallest absolute Gasteiger partial charge is 0.181 e. The summed E-state index contributed by atoms with van der Waals surface area (Å²) in [6.45, 7) is 0. The molecule has 0 aliphatic heterocycles. The second kappa shape index (κ2) is 7.61.